The van der Waals surface area contributed by atoms with Crippen LogP contribution in [0.3, 0.4) is 0 Å². The van der Waals surface area contributed by atoms with E-state index < -0.39 is 10.0 Å². The Bertz CT molecular complexity index is 1140. The molecular weight excluding hydrogens is 388 g/mol. The normalized spacial score (nSPS) is 11.0. The summed E-state index contributed by atoms with van der Waals surface area (Å²) in [5.74, 6) is 0.000836. The van der Waals surface area contributed by atoms with Crippen LogP contribution in [-0.2, 0) is 10.0 Å². The third-order valence-corrected chi connectivity index (χ3v) is 5.98. The minimum Gasteiger partial charge on any atom is -0.495 e. The molecule has 6 nitrogen and oxygen atoms in total. The Balaban J connectivity index is 1.93. The molecule has 0 unspecified atom stereocenters. The summed E-state index contributed by atoms with van der Waals surface area (Å²) < 4.78 is 33.7. The standard InChI is InChI=1S/C22H22N2O4S/c1-15-8-7-11-19(16(15)2)24-29(26,27)18-12-13-21(28-3)20(14-18)23-22(25)17-9-5-4-6-10-17/h4-14,24H,1-3H3,(H,23,25). The van der Waals surface area contributed by atoms with Gasteiger partial charge >= 0.3 is 0 Å². The molecule has 3 rings (SSSR count). The van der Waals surface area contributed by atoms with E-state index in [-0.39, 0.29) is 16.5 Å². The maximum Gasteiger partial charge on any atom is 0.261 e. The highest BCUT2D eigenvalue weighted by Crippen LogP contribution is 2.29. The zero-order valence-electron chi connectivity index (χ0n) is 16.4. The van der Waals surface area contributed by atoms with Crippen molar-refractivity contribution in [1.82, 2.24) is 0 Å². The van der Waals surface area contributed by atoms with Crippen molar-refractivity contribution in [2.45, 2.75) is 18.7 Å². The smallest absolute Gasteiger partial charge is 0.261 e. The van der Waals surface area contributed by atoms with E-state index in [4.69, 9.17) is 4.74 Å². The van der Waals surface area contributed by atoms with E-state index in [1.165, 1.54) is 25.3 Å². The number of nitrogens with one attached hydrogen (secondary N) is 2. The molecule has 0 bridgehead atoms. The number of benzene rings is 3. The molecule has 0 spiro atoms. The minimum atomic E-state index is -3.86. The van der Waals surface area contributed by atoms with Crippen LogP contribution in [0.2, 0.25) is 0 Å². The number of rotatable bonds is 6. The number of anilines is 2. The number of aryl methyl sites for hydroxylation is 1. The van der Waals surface area contributed by atoms with Gasteiger partial charge in [-0.3, -0.25) is 9.52 Å². The third-order valence-electron chi connectivity index (χ3n) is 4.61. The molecule has 0 radical (unpaired) electrons. The zero-order chi connectivity index (χ0) is 21.0. The Morgan fingerprint density at radius 1 is 0.897 bits per heavy atom. The van der Waals surface area contributed by atoms with E-state index in [1.807, 2.05) is 26.0 Å². The third kappa shape index (κ3) is 4.57. The molecular formula is C22H22N2O4S. The largest absolute Gasteiger partial charge is 0.495 e. The number of carbonyl (C=O) groups excluding carboxylic acids is 1. The number of ether oxygens (including phenoxy) is 1. The molecule has 0 aliphatic heterocycles. The first-order valence-corrected chi connectivity index (χ1v) is 10.4. The number of amides is 1. The Morgan fingerprint density at radius 3 is 2.31 bits per heavy atom. The van der Waals surface area contributed by atoms with Gasteiger partial charge in [0.15, 0.2) is 0 Å². The van der Waals surface area contributed by atoms with Gasteiger partial charge in [-0.05, 0) is 61.4 Å². The van der Waals surface area contributed by atoms with Gasteiger partial charge in [-0.25, -0.2) is 8.42 Å². The molecule has 150 valence electrons. The molecule has 0 aliphatic carbocycles. The van der Waals surface area contributed by atoms with Gasteiger partial charge in [0.05, 0.1) is 23.4 Å². The molecule has 7 heteroatoms. The minimum absolute atomic E-state index is 0.0163. The zero-order valence-corrected chi connectivity index (χ0v) is 17.2. The van der Waals surface area contributed by atoms with Gasteiger partial charge in [0, 0.05) is 5.56 Å². The Morgan fingerprint density at radius 2 is 1.62 bits per heavy atom. The van der Waals surface area contributed by atoms with Crippen molar-refractivity contribution < 1.29 is 17.9 Å². The molecule has 29 heavy (non-hydrogen) atoms. The van der Waals surface area contributed by atoms with Crippen LogP contribution in [0.5, 0.6) is 5.75 Å². The fourth-order valence-electron chi connectivity index (χ4n) is 2.80. The maximum atomic E-state index is 12.9. The second kappa shape index (κ2) is 8.36. The van der Waals surface area contributed by atoms with Crippen LogP contribution in [-0.4, -0.2) is 21.4 Å². The first-order chi connectivity index (χ1) is 13.8. The molecule has 0 aliphatic rings. The molecule has 1 amide bonds. The molecule has 2 N–H and O–H groups in total. The number of hydrogen-bond acceptors (Lipinski definition) is 4. The van der Waals surface area contributed by atoms with Gasteiger partial charge in [0.25, 0.3) is 15.9 Å². The van der Waals surface area contributed by atoms with Crippen LogP contribution >= 0.6 is 0 Å². The molecule has 0 aromatic heterocycles. The summed E-state index contributed by atoms with van der Waals surface area (Å²) in [5, 5.41) is 2.72. The fraction of sp³-hybridized carbons (Fsp3) is 0.136. The summed E-state index contributed by atoms with van der Waals surface area (Å²) in [5.41, 5.74) is 3.06. The summed E-state index contributed by atoms with van der Waals surface area (Å²) in [6, 6.07) is 18.4. The second-order valence-electron chi connectivity index (χ2n) is 6.54. The van der Waals surface area contributed by atoms with Crippen LogP contribution in [0.15, 0.2) is 71.6 Å². The second-order valence-corrected chi connectivity index (χ2v) is 8.22. The molecule has 3 aromatic rings. The van der Waals surface area contributed by atoms with Crippen molar-refractivity contribution in [3.8, 4) is 5.75 Å². The summed E-state index contributed by atoms with van der Waals surface area (Å²) in [4.78, 5) is 12.5. The quantitative estimate of drug-likeness (QED) is 0.632. The van der Waals surface area contributed by atoms with Gasteiger partial charge in [0.2, 0.25) is 0 Å². The van der Waals surface area contributed by atoms with Crippen molar-refractivity contribution >= 4 is 27.3 Å². The SMILES string of the molecule is COc1ccc(S(=O)(=O)Nc2cccc(C)c2C)cc1NC(=O)c1ccccc1. The summed E-state index contributed by atoms with van der Waals surface area (Å²) >= 11 is 0. The van der Waals surface area contributed by atoms with Crippen LogP contribution < -0.4 is 14.8 Å². The summed E-state index contributed by atoms with van der Waals surface area (Å²) in [7, 11) is -2.40. The summed E-state index contributed by atoms with van der Waals surface area (Å²) in [6.07, 6.45) is 0. The lowest BCUT2D eigenvalue weighted by Crippen LogP contribution is -2.16. The molecule has 3 aromatic carbocycles. The molecule has 0 heterocycles. The first kappa shape index (κ1) is 20.4. The van der Waals surface area contributed by atoms with Gasteiger partial charge in [-0.2, -0.15) is 0 Å². The monoisotopic (exact) mass is 410 g/mol. The van der Waals surface area contributed by atoms with Gasteiger partial charge in [-0.15, -0.1) is 0 Å². The van der Waals surface area contributed by atoms with Crippen LogP contribution in [0.4, 0.5) is 11.4 Å². The first-order valence-electron chi connectivity index (χ1n) is 8.95. The van der Waals surface area contributed by atoms with E-state index in [1.54, 1.807) is 36.4 Å². The van der Waals surface area contributed by atoms with Crippen LogP contribution in [0.1, 0.15) is 21.5 Å². The number of sulfonamides is 1. The van der Waals surface area contributed by atoms with E-state index in [9.17, 15) is 13.2 Å². The van der Waals surface area contributed by atoms with E-state index in [0.717, 1.165) is 11.1 Å². The van der Waals surface area contributed by atoms with Crippen molar-refractivity contribution in [1.29, 1.82) is 0 Å². The fourth-order valence-corrected chi connectivity index (χ4v) is 3.95. The van der Waals surface area contributed by atoms with E-state index in [0.29, 0.717) is 17.0 Å². The summed E-state index contributed by atoms with van der Waals surface area (Å²) in [6.45, 7) is 3.77. The Kier molecular flexibility index (Phi) is 5.89. The number of hydrogen-bond donors (Lipinski definition) is 2. The van der Waals surface area contributed by atoms with Crippen molar-refractivity contribution in [2.24, 2.45) is 0 Å². The molecule has 0 atom stereocenters. The average molecular weight is 410 g/mol. The van der Waals surface area contributed by atoms with Gasteiger partial charge < -0.3 is 10.1 Å². The topological polar surface area (TPSA) is 84.5 Å². The van der Waals surface area contributed by atoms with Crippen LogP contribution in [0.25, 0.3) is 0 Å². The highest BCUT2D eigenvalue weighted by molar-refractivity contribution is 7.92. The van der Waals surface area contributed by atoms with Gasteiger partial charge in [0.1, 0.15) is 5.75 Å². The van der Waals surface area contributed by atoms with Crippen molar-refractivity contribution in [3.05, 3.63) is 83.4 Å². The maximum absolute atomic E-state index is 12.9. The highest BCUT2D eigenvalue weighted by atomic mass is 32.2. The number of carbonyl (C=O) groups is 1. The molecule has 0 saturated carbocycles. The van der Waals surface area contributed by atoms with Gasteiger partial charge in [-0.1, -0.05) is 30.3 Å². The van der Waals surface area contributed by atoms with E-state index >= 15 is 0 Å². The Labute approximate surface area is 170 Å². The van der Waals surface area contributed by atoms with E-state index in [2.05, 4.69) is 10.0 Å². The lowest BCUT2D eigenvalue weighted by atomic mass is 10.1. The molecule has 0 saturated heterocycles. The van der Waals surface area contributed by atoms with Crippen LogP contribution in [0, 0.1) is 13.8 Å². The van der Waals surface area contributed by atoms with Crippen molar-refractivity contribution in [2.75, 3.05) is 17.1 Å². The predicted octanol–water partition coefficient (Wildman–Crippen LogP) is 4.37. The lowest BCUT2D eigenvalue weighted by Gasteiger charge is -2.15. The molecule has 0 fully saturated rings. The average Bonchev–Trinajstić information content (AvgIpc) is 2.72. The number of methoxy groups -OCH3 is 1. The predicted molar refractivity (Wildman–Crippen MR) is 114 cm³/mol. The van der Waals surface area contributed by atoms with Crippen molar-refractivity contribution in [3.63, 3.8) is 0 Å². The lowest BCUT2D eigenvalue weighted by molar-refractivity contribution is 0.102. The Hall–Kier alpha value is -3.32. The highest BCUT2D eigenvalue weighted by Gasteiger charge is 2.19.